The fraction of sp³-hybridized carbons (Fsp3) is 0.929. The van der Waals surface area contributed by atoms with Crippen molar-refractivity contribution in [3.05, 3.63) is 0 Å². The van der Waals surface area contributed by atoms with Crippen molar-refractivity contribution in [2.24, 2.45) is 34.0 Å². The van der Waals surface area contributed by atoms with Gasteiger partial charge >= 0.3 is 0 Å². The second-order valence-corrected chi connectivity index (χ2v) is 6.73. The molecule has 3 aliphatic rings. The highest BCUT2D eigenvalue weighted by atomic mass is 15.0. The Morgan fingerprint density at radius 1 is 0.895 bits per heavy atom. The molecule has 2 saturated carbocycles. The van der Waals surface area contributed by atoms with Crippen LogP contribution in [-0.4, -0.2) is 30.1 Å². The van der Waals surface area contributed by atoms with Crippen LogP contribution in [0.15, 0.2) is 4.99 Å². The van der Waals surface area contributed by atoms with Gasteiger partial charge < -0.3 is 22.5 Å². The van der Waals surface area contributed by atoms with Crippen molar-refractivity contribution in [1.29, 1.82) is 0 Å². The van der Waals surface area contributed by atoms with Gasteiger partial charge in [0, 0.05) is 18.1 Å². The molecule has 2 aliphatic carbocycles. The summed E-state index contributed by atoms with van der Waals surface area (Å²) in [5.41, 5.74) is 17.1. The van der Waals surface area contributed by atoms with E-state index in [1.165, 1.54) is 25.7 Å². The van der Waals surface area contributed by atoms with Crippen LogP contribution in [0.2, 0.25) is 0 Å². The number of rotatable bonds is 1. The van der Waals surface area contributed by atoms with Gasteiger partial charge in [-0.1, -0.05) is 0 Å². The molecule has 0 spiro atoms. The molecule has 19 heavy (non-hydrogen) atoms. The zero-order chi connectivity index (χ0) is 13.4. The quantitative estimate of drug-likeness (QED) is 0.404. The van der Waals surface area contributed by atoms with Crippen molar-refractivity contribution in [3.63, 3.8) is 0 Å². The van der Waals surface area contributed by atoms with E-state index in [-0.39, 0.29) is 5.96 Å². The zero-order valence-electron chi connectivity index (χ0n) is 11.6. The standard InChI is InChI=1S/C14H27N5/c15-10-3-1-8-5-9-2-4-11(18-14(16)17)7-13(9)19-12(8)6-10/h8-13,19H,1-7,15H2,(H4,16,17,18). The third-order valence-corrected chi connectivity index (χ3v) is 5.36. The SMILES string of the molecule is NC(N)=NC1CCC2CC3CCC(N)CC3NC2C1. The van der Waals surface area contributed by atoms with Crippen LogP contribution in [0.3, 0.4) is 0 Å². The first-order chi connectivity index (χ1) is 9.11. The monoisotopic (exact) mass is 265 g/mol. The summed E-state index contributed by atoms with van der Waals surface area (Å²) in [5, 5.41) is 3.86. The molecule has 7 N–H and O–H groups in total. The van der Waals surface area contributed by atoms with E-state index in [4.69, 9.17) is 17.2 Å². The molecule has 1 aliphatic heterocycles. The number of fused-ring (bicyclic) bond motifs is 2. The molecule has 108 valence electrons. The molecule has 3 rings (SSSR count). The number of nitrogens with zero attached hydrogens (tertiary/aromatic N) is 1. The van der Waals surface area contributed by atoms with Gasteiger partial charge in [0.25, 0.3) is 0 Å². The summed E-state index contributed by atoms with van der Waals surface area (Å²) in [6, 6.07) is 1.92. The van der Waals surface area contributed by atoms with Crippen LogP contribution in [0, 0.1) is 11.8 Å². The molecule has 0 radical (unpaired) electrons. The summed E-state index contributed by atoms with van der Waals surface area (Å²) in [4.78, 5) is 4.35. The van der Waals surface area contributed by atoms with Crippen LogP contribution in [0.5, 0.6) is 0 Å². The average molecular weight is 265 g/mol. The molecular formula is C14H27N5. The van der Waals surface area contributed by atoms with Crippen LogP contribution in [0.25, 0.3) is 0 Å². The van der Waals surface area contributed by atoms with Crippen LogP contribution in [0.4, 0.5) is 0 Å². The number of nitrogens with one attached hydrogen (secondary N) is 1. The molecule has 5 nitrogen and oxygen atoms in total. The smallest absolute Gasteiger partial charge is 0.186 e. The van der Waals surface area contributed by atoms with Gasteiger partial charge in [-0.3, -0.25) is 4.99 Å². The van der Waals surface area contributed by atoms with Crippen molar-refractivity contribution in [3.8, 4) is 0 Å². The Hall–Kier alpha value is -0.810. The molecule has 6 atom stereocenters. The van der Waals surface area contributed by atoms with Crippen molar-refractivity contribution in [1.82, 2.24) is 5.32 Å². The van der Waals surface area contributed by atoms with Crippen molar-refractivity contribution in [2.75, 3.05) is 0 Å². The Morgan fingerprint density at radius 2 is 1.58 bits per heavy atom. The van der Waals surface area contributed by atoms with Gasteiger partial charge in [0.1, 0.15) is 0 Å². The lowest BCUT2D eigenvalue weighted by Gasteiger charge is -2.49. The minimum Gasteiger partial charge on any atom is -0.370 e. The van der Waals surface area contributed by atoms with E-state index < -0.39 is 0 Å². The Kier molecular flexibility index (Phi) is 3.67. The van der Waals surface area contributed by atoms with Crippen LogP contribution in [-0.2, 0) is 0 Å². The largest absolute Gasteiger partial charge is 0.370 e. The molecule has 5 heteroatoms. The van der Waals surface area contributed by atoms with Crippen molar-refractivity contribution in [2.45, 2.75) is 69.1 Å². The normalized spacial score (nSPS) is 45.9. The number of nitrogens with two attached hydrogens (primary N) is 3. The van der Waals surface area contributed by atoms with Crippen molar-refractivity contribution >= 4 is 5.96 Å². The molecule has 0 aromatic carbocycles. The molecule has 0 aromatic rings. The third kappa shape index (κ3) is 2.87. The minimum atomic E-state index is 0.233. The van der Waals surface area contributed by atoms with E-state index in [1.807, 2.05) is 0 Å². The predicted molar refractivity (Wildman–Crippen MR) is 77.6 cm³/mol. The Labute approximate surface area is 115 Å². The highest BCUT2D eigenvalue weighted by molar-refractivity contribution is 5.75. The second kappa shape index (κ2) is 5.29. The van der Waals surface area contributed by atoms with E-state index in [0.29, 0.717) is 24.2 Å². The first-order valence-corrected chi connectivity index (χ1v) is 7.72. The fourth-order valence-electron chi connectivity index (χ4n) is 4.44. The number of hydrogen-bond acceptors (Lipinski definition) is 3. The molecule has 0 amide bonds. The van der Waals surface area contributed by atoms with Gasteiger partial charge in [0.05, 0.1) is 6.04 Å². The lowest BCUT2D eigenvalue weighted by Crippen LogP contribution is -2.58. The summed E-state index contributed by atoms with van der Waals surface area (Å²) in [6.45, 7) is 0. The summed E-state index contributed by atoms with van der Waals surface area (Å²) in [7, 11) is 0. The lowest BCUT2D eigenvalue weighted by molar-refractivity contribution is 0.0841. The maximum Gasteiger partial charge on any atom is 0.186 e. The molecule has 0 bridgehead atoms. The van der Waals surface area contributed by atoms with E-state index in [9.17, 15) is 0 Å². The first kappa shape index (κ1) is 13.2. The second-order valence-electron chi connectivity index (χ2n) is 6.73. The number of guanidine groups is 1. The zero-order valence-corrected chi connectivity index (χ0v) is 11.6. The molecule has 1 saturated heterocycles. The average Bonchev–Trinajstić information content (AvgIpc) is 2.35. The molecule has 3 fully saturated rings. The maximum atomic E-state index is 6.11. The Morgan fingerprint density at radius 3 is 2.32 bits per heavy atom. The molecule has 1 heterocycles. The van der Waals surface area contributed by atoms with Crippen LogP contribution >= 0.6 is 0 Å². The van der Waals surface area contributed by atoms with E-state index in [1.54, 1.807) is 0 Å². The predicted octanol–water partition coefficient (Wildman–Crippen LogP) is 0.286. The van der Waals surface area contributed by atoms with Crippen molar-refractivity contribution < 1.29 is 0 Å². The first-order valence-electron chi connectivity index (χ1n) is 7.72. The molecular weight excluding hydrogens is 238 g/mol. The minimum absolute atomic E-state index is 0.233. The van der Waals surface area contributed by atoms with Gasteiger partial charge in [-0.05, 0) is 56.8 Å². The number of piperidine rings is 1. The molecule has 6 unspecified atom stereocenters. The maximum absolute atomic E-state index is 6.11. The summed E-state index contributed by atoms with van der Waals surface area (Å²) >= 11 is 0. The van der Waals surface area contributed by atoms with Gasteiger partial charge in [-0.2, -0.15) is 0 Å². The Balaban J connectivity index is 1.63. The Bertz CT molecular complexity index is 352. The van der Waals surface area contributed by atoms with Gasteiger partial charge in [-0.15, -0.1) is 0 Å². The van der Waals surface area contributed by atoms with E-state index in [0.717, 1.165) is 31.1 Å². The number of hydrogen-bond donors (Lipinski definition) is 4. The van der Waals surface area contributed by atoms with Crippen LogP contribution < -0.4 is 22.5 Å². The summed E-state index contributed by atoms with van der Waals surface area (Å²) < 4.78 is 0. The summed E-state index contributed by atoms with van der Waals surface area (Å²) in [6.07, 6.45) is 8.51. The highest BCUT2D eigenvalue weighted by Crippen LogP contribution is 2.40. The fourth-order valence-corrected chi connectivity index (χ4v) is 4.44. The van der Waals surface area contributed by atoms with Crippen LogP contribution in [0.1, 0.15) is 44.9 Å². The van der Waals surface area contributed by atoms with E-state index in [2.05, 4.69) is 10.3 Å². The third-order valence-electron chi connectivity index (χ3n) is 5.36. The molecule has 0 aromatic heterocycles. The van der Waals surface area contributed by atoms with Gasteiger partial charge in [-0.25, -0.2) is 0 Å². The van der Waals surface area contributed by atoms with E-state index >= 15 is 0 Å². The highest BCUT2D eigenvalue weighted by Gasteiger charge is 2.41. The lowest BCUT2D eigenvalue weighted by atomic mass is 9.68. The topological polar surface area (TPSA) is 102 Å². The summed E-state index contributed by atoms with van der Waals surface area (Å²) in [5.74, 6) is 1.90. The number of aliphatic imine (C=N–C) groups is 1. The van der Waals surface area contributed by atoms with Gasteiger partial charge in [0.2, 0.25) is 0 Å². The van der Waals surface area contributed by atoms with Gasteiger partial charge in [0.15, 0.2) is 5.96 Å².